The van der Waals surface area contributed by atoms with Gasteiger partial charge in [-0.15, -0.1) is 0 Å². The Morgan fingerprint density at radius 2 is 1.89 bits per heavy atom. The number of carbonyl (C=O) groups is 1. The average Bonchev–Trinajstić information content (AvgIpc) is 3.64. The van der Waals surface area contributed by atoms with E-state index in [0.717, 1.165) is 40.0 Å². The third-order valence-electron chi connectivity index (χ3n) is 6.94. The summed E-state index contributed by atoms with van der Waals surface area (Å²) in [6, 6.07) is 6.07. The molecular weight excluding hydrogens is 444 g/mol. The first-order valence-electron chi connectivity index (χ1n) is 12.6. The van der Waals surface area contributed by atoms with Crippen molar-refractivity contribution in [3.8, 4) is 0 Å². The highest BCUT2D eigenvalue weighted by molar-refractivity contribution is 5.95. The fourth-order valence-corrected chi connectivity index (χ4v) is 4.40. The fraction of sp³-hybridized carbons (Fsp3) is 0.375. The molecule has 1 fully saturated rings. The van der Waals surface area contributed by atoms with Crippen molar-refractivity contribution in [3.05, 3.63) is 107 Å². The van der Waals surface area contributed by atoms with E-state index in [0.29, 0.717) is 18.5 Å². The van der Waals surface area contributed by atoms with Crippen LogP contribution in [0.25, 0.3) is 0 Å². The Morgan fingerprint density at radius 1 is 1.19 bits per heavy atom. The molecule has 1 aromatic rings. The fourth-order valence-electron chi connectivity index (χ4n) is 4.40. The number of likely N-dealkylation sites (N-methyl/N-ethyl adjacent to an activating group) is 1. The molecule has 1 N–H and O–H groups in total. The molecule has 0 heterocycles. The lowest BCUT2D eigenvalue weighted by molar-refractivity contribution is 0.0767. The highest BCUT2D eigenvalue weighted by atomic mass is 16.3. The van der Waals surface area contributed by atoms with E-state index in [1.807, 2.05) is 51.3 Å². The number of aliphatic hydroxyl groups is 1. The van der Waals surface area contributed by atoms with Crippen molar-refractivity contribution in [2.24, 2.45) is 4.99 Å². The maximum Gasteiger partial charge on any atom is 0.253 e. The monoisotopic (exact) mass is 486 g/mol. The Hall–Kier alpha value is -3.24. The Kier molecular flexibility index (Phi) is 10.6. The van der Waals surface area contributed by atoms with E-state index in [1.165, 1.54) is 18.4 Å². The molecule has 192 valence electrons. The van der Waals surface area contributed by atoms with E-state index in [-0.39, 0.29) is 17.9 Å². The van der Waals surface area contributed by atoms with Crippen LogP contribution in [0.3, 0.4) is 0 Å². The standard InChI is InChI=1S/C32H42N2O2/c1-9-12-27(23(4)5)19-24(6)26(10-2)22-33-25(7)20-29-21-28(31(36)34(8)17-18-35)13-14-30(29)32(11-3)15-16-32/h9-10,12-14,19,21-22,35H,1-2,4,11,15-18,20H2,3,5-8H3/b24-19+,26-22+,27-12+,33-25?. The summed E-state index contributed by atoms with van der Waals surface area (Å²) in [7, 11) is 1.72. The maximum atomic E-state index is 12.9. The number of benzene rings is 1. The van der Waals surface area contributed by atoms with Gasteiger partial charge in [-0.1, -0.05) is 62.6 Å². The predicted octanol–water partition coefficient (Wildman–Crippen LogP) is 6.90. The minimum Gasteiger partial charge on any atom is -0.395 e. The number of aliphatic imine (C=N–C) groups is 1. The molecule has 0 saturated heterocycles. The number of rotatable bonds is 13. The predicted molar refractivity (Wildman–Crippen MR) is 154 cm³/mol. The Labute approximate surface area is 217 Å². The summed E-state index contributed by atoms with van der Waals surface area (Å²) < 4.78 is 0. The third-order valence-corrected chi connectivity index (χ3v) is 6.94. The zero-order valence-electron chi connectivity index (χ0n) is 22.7. The van der Waals surface area contributed by atoms with Gasteiger partial charge in [0.05, 0.1) is 6.61 Å². The van der Waals surface area contributed by atoms with E-state index >= 15 is 0 Å². The van der Waals surface area contributed by atoms with E-state index in [9.17, 15) is 9.90 Å². The molecule has 1 amide bonds. The third kappa shape index (κ3) is 7.38. The second-order valence-corrected chi connectivity index (χ2v) is 9.75. The molecule has 0 bridgehead atoms. The zero-order valence-corrected chi connectivity index (χ0v) is 22.7. The van der Waals surface area contributed by atoms with Crippen LogP contribution in [-0.2, 0) is 11.8 Å². The van der Waals surface area contributed by atoms with Crippen LogP contribution in [-0.4, -0.2) is 41.8 Å². The van der Waals surface area contributed by atoms with Gasteiger partial charge in [0.15, 0.2) is 0 Å². The number of aliphatic hydroxyl groups excluding tert-OH is 1. The van der Waals surface area contributed by atoms with Crippen molar-refractivity contribution in [3.63, 3.8) is 0 Å². The van der Waals surface area contributed by atoms with E-state index in [4.69, 9.17) is 4.99 Å². The summed E-state index contributed by atoms with van der Waals surface area (Å²) in [6.45, 7) is 20.3. The van der Waals surface area contributed by atoms with Crippen molar-refractivity contribution in [2.45, 2.75) is 58.8 Å². The molecule has 1 saturated carbocycles. The molecule has 36 heavy (non-hydrogen) atoms. The lowest BCUT2D eigenvalue weighted by Crippen LogP contribution is -2.29. The Balaban J connectivity index is 2.40. The van der Waals surface area contributed by atoms with Crippen molar-refractivity contribution in [1.29, 1.82) is 0 Å². The zero-order chi connectivity index (χ0) is 26.9. The van der Waals surface area contributed by atoms with Gasteiger partial charge in [0, 0.05) is 37.5 Å². The lowest BCUT2D eigenvalue weighted by Gasteiger charge is -2.21. The number of amides is 1. The second kappa shape index (κ2) is 13.2. The summed E-state index contributed by atoms with van der Waals surface area (Å²) >= 11 is 0. The van der Waals surface area contributed by atoms with Gasteiger partial charge in [-0.2, -0.15) is 0 Å². The Morgan fingerprint density at radius 3 is 2.42 bits per heavy atom. The number of carbonyl (C=O) groups excluding carboxylic acids is 1. The van der Waals surface area contributed by atoms with Crippen LogP contribution >= 0.6 is 0 Å². The van der Waals surface area contributed by atoms with Crippen LogP contribution in [0, 0.1) is 0 Å². The van der Waals surface area contributed by atoms with Gasteiger partial charge in [0.1, 0.15) is 0 Å². The molecule has 0 aromatic heterocycles. The molecule has 0 atom stereocenters. The molecule has 2 rings (SSSR count). The number of nitrogens with zero attached hydrogens (tertiary/aromatic N) is 2. The molecule has 1 aliphatic rings. The number of hydrogen-bond donors (Lipinski definition) is 1. The van der Waals surface area contributed by atoms with Gasteiger partial charge in [-0.25, -0.2) is 0 Å². The minimum atomic E-state index is -0.0803. The van der Waals surface area contributed by atoms with Gasteiger partial charge in [0.2, 0.25) is 0 Å². The van der Waals surface area contributed by atoms with Gasteiger partial charge < -0.3 is 10.0 Å². The van der Waals surface area contributed by atoms with Crippen LogP contribution in [0.4, 0.5) is 0 Å². The first-order valence-corrected chi connectivity index (χ1v) is 12.6. The van der Waals surface area contributed by atoms with Gasteiger partial charge in [0.25, 0.3) is 5.91 Å². The molecule has 1 aromatic carbocycles. The van der Waals surface area contributed by atoms with Crippen molar-refractivity contribution >= 4 is 11.6 Å². The molecule has 0 radical (unpaired) electrons. The largest absolute Gasteiger partial charge is 0.395 e. The normalized spacial score (nSPS) is 15.9. The molecule has 0 spiro atoms. The number of allylic oxidation sites excluding steroid dienone is 8. The highest BCUT2D eigenvalue weighted by Gasteiger charge is 2.43. The molecular formula is C32H42N2O2. The minimum absolute atomic E-state index is 0.0546. The summed E-state index contributed by atoms with van der Waals surface area (Å²) in [5.41, 5.74) is 8.26. The van der Waals surface area contributed by atoms with Crippen LogP contribution in [0.2, 0.25) is 0 Å². The molecule has 4 nitrogen and oxygen atoms in total. The quantitative estimate of drug-likeness (QED) is 0.243. The van der Waals surface area contributed by atoms with Crippen molar-refractivity contribution in [2.75, 3.05) is 20.2 Å². The Bertz CT molecular complexity index is 1130. The molecule has 0 aliphatic heterocycles. The first-order chi connectivity index (χ1) is 17.1. The van der Waals surface area contributed by atoms with Crippen LogP contribution in [0.5, 0.6) is 0 Å². The van der Waals surface area contributed by atoms with Crippen LogP contribution in [0.1, 0.15) is 68.4 Å². The highest BCUT2D eigenvalue weighted by Crippen LogP contribution is 2.52. The van der Waals surface area contributed by atoms with E-state index in [1.54, 1.807) is 18.0 Å². The van der Waals surface area contributed by atoms with Crippen molar-refractivity contribution < 1.29 is 9.90 Å². The van der Waals surface area contributed by atoms with E-state index in [2.05, 4.69) is 38.8 Å². The average molecular weight is 487 g/mol. The summed E-state index contributed by atoms with van der Waals surface area (Å²) in [6.07, 6.45) is 13.5. The van der Waals surface area contributed by atoms with E-state index < -0.39 is 0 Å². The van der Waals surface area contributed by atoms with Crippen LogP contribution in [0.15, 0.2) is 95.7 Å². The summed E-state index contributed by atoms with van der Waals surface area (Å²) in [4.78, 5) is 19.2. The SMILES string of the molecule is C=C\C=C(/C=C(C)/C(C=C)=C/N=C(C)Cc1cc(C(=O)N(C)CCO)ccc1C1(CC)CC1)C(=C)C. The molecule has 0 unspecified atom stereocenters. The van der Waals surface area contributed by atoms with Gasteiger partial charge in [-0.05, 0) is 85.4 Å². The maximum absolute atomic E-state index is 12.9. The van der Waals surface area contributed by atoms with Crippen molar-refractivity contribution in [1.82, 2.24) is 4.90 Å². The first kappa shape index (κ1) is 29.0. The topological polar surface area (TPSA) is 52.9 Å². The number of hydrogen-bond acceptors (Lipinski definition) is 3. The van der Waals surface area contributed by atoms with Gasteiger partial charge in [-0.3, -0.25) is 9.79 Å². The summed E-state index contributed by atoms with van der Waals surface area (Å²) in [5, 5.41) is 9.22. The lowest BCUT2D eigenvalue weighted by atomic mass is 9.86. The van der Waals surface area contributed by atoms with Gasteiger partial charge >= 0.3 is 0 Å². The molecule has 1 aliphatic carbocycles. The van der Waals surface area contributed by atoms with Crippen LogP contribution < -0.4 is 0 Å². The molecule has 4 heteroatoms. The smallest absolute Gasteiger partial charge is 0.253 e. The summed E-state index contributed by atoms with van der Waals surface area (Å²) in [5.74, 6) is -0.0803. The second-order valence-electron chi connectivity index (χ2n) is 9.75.